The fraction of sp³-hybridized carbons (Fsp3) is 0.0938. The molecule has 42 heavy (non-hydrogen) atoms. The molecule has 7 nitrogen and oxygen atoms in total. The Bertz CT molecular complexity index is 2020. The summed E-state index contributed by atoms with van der Waals surface area (Å²) >= 11 is 13.1. The van der Waals surface area contributed by atoms with Gasteiger partial charge in [-0.2, -0.15) is 9.78 Å². The van der Waals surface area contributed by atoms with E-state index in [1.807, 2.05) is 73.7 Å². The molecular formula is C32H22Br2ClN3O4. The maximum absolute atomic E-state index is 13.7. The molecule has 0 radical (unpaired) electrons. The molecule has 10 heteroatoms. The fourth-order valence-corrected chi connectivity index (χ4v) is 5.34. The molecule has 2 heterocycles. The van der Waals surface area contributed by atoms with Gasteiger partial charge in [-0.05, 0) is 89.1 Å². The summed E-state index contributed by atoms with van der Waals surface area (Å²) < 4.78 is 20.9. The lowest BCUT2D eigenvalue weighted by Gasteiger charge is -2.14. The van der Waals surface area contributed by atoms with Crippen LogP contribution < -0.4 is 15.0 Å². The molecule has 6 rings (SSSR count). The Kier molecular flexibility index (Phi) is 8.15. The Morgan fingerprint density at radius 2 is 1.76 bits per heavy atom. The summed E-state index contributed by atoms with van der Waals surface area (Å²) in [6, 6.07) is 25.8. The highest BCUT2D eigenvalue weighted by Crippen LogP contribution is 2.34. The summed E-state index contributed by atoms with van der Waals surface area (Å²) in [6.07, 6.45) is 1.58. The topological polar surface area (TPSA) is 78.9 Å². The molecule has 6 aromatic rings. The number of halogens is 3. The number of hydrogen-bond donors (Lipinski definition) is 0. The highest BCUT2D eigenvalue weighted by Gasteiger charge is 2.17. The monoisotopic (exact) mass is 705 g/mol. The highest BCUT2D eigenvalue weighted by molar-refractivity contribution is 9.10. The molecule has 0 N–H and O–H groups in total. The third-order valence-corrected chi connectivity index (χ3v) is 7.87. The molecule has 0 atom stereocenters. The minimum atomic E-state index is -0.322. The van der Waals surface area contributed by atoms with Crippen LogP contribution in [0.25, 0.3) is 33.5 Å². The van der Waals surface area contributed by atoms with Gasteiger partial charge in [-0.25, -0.2) is 4.98 Å². The van der Waals surface area contributed by atoms with Gasteiger partial charge in [0, 0.05) is 24.9 Å². The van der Waals surface area contributed by atoms with Gasteiger partial charge in [0.25, 0.3) is 5.56 Å². The van der Waals surface area contributed by atoms with Gasteiger partial charge in [-0.3, -0.25) is 4.79 Å². The molecule has 2 aromatic heterocycles. The van der Waals surface area contributed by atoms with Crippen molar-refractivity contribution in [2.75, 3.05) is 6.61 Å². The first-order chi connectivity index (χ1) is 20.4. The summed E-state index contributed by atoms with van der Waals surface area (Å²) in [4.78, 5) is 18.4. The molecule has 0 amide bonds. The first-order valence-electron chi connectivity index (χ1n) is 13.0. The molecule has 0 saturated heterocycles. The molecular weight excluding hydrogens is 686 g/mol. The number of nitrogens with zero attached hydrogens (tertiary/aromatic N) is 3. The van der Waals surface area contributed by atoms with Crippen LogP contribution >= 0.6 is 43.5 Å². The number of furan rings is 1. The van der Waals surface area contributed by atoms with E-state index in [4.69, 9.17) is 30.5 Å². The normalized spacial score (nSPS) is 11.5. The summed E-state index contributed by atoms with van der Waals surface area (Å²) in [6.45, 7) is 2.68. The van der Waals surface area contributed by atoms with Crippen molar-refractivity contribution in [2.24, 2.45) is 5.10 Å². The summed E-state index contributed by atoms with van der Waals surface area (Å²) in [5, 5.41) is 6.57. The van der Waals surface area contributed by atoms with Crippen LogP contribution in [-0.4, -0.2) is 22.5 Å². The number of ether oxygens (including phenoxy) is 2. The molecule has 0 saturated carbocycles. The maximum atomic E-state index is 13.7. The van der Waals surface area contributed by atoms with E-state index in [9.17, 15) is 4.79 Å². The second kappa shape index (κ2) is 12.1. The maximum Gasteiger partial charge on any atom is 0.282 e. The lowest BCUT2D eigenvalue weighted by molar-refractivity contribution is 0.269. The van der Waals surface area contributed by atoms with Crippen molar-refractivity contribution in [1.82, 2.24) is 9.66 Å². The standard InChI is InChI=1S/C32H22Br2ClN3O4/c1-2-40-28-15-21(25(34)16-29(28)41-18-19-7-10-23(35)11-8-19)17-36-38-31(37-26-6-4-3-5-24(26)32(38)39)30-14-20-13-22(33)9-12-27(20)42-30/h3-17H,2,18H2,1H3. The van der Waals surface area contributed by atoms with E-state index in [2.05, 4.69) is 37.0 Å². The van der Waals surface area contributed by atoms with E-state index in [1.165, 1.54) is 4.68 Å². The third kappa shape index (κ3) is 5.86. The van der Waals surface area contributed by atoms with Gasteiger partial charge in [0.1, 0.15) is 12.2 Å². The molecule has 0 bridgehead atoms. The Morgan fingerprint density at radius 3 is 2.57 bits per heavy atom. The quantitative estimate of drug-likeness (QED) is 0.148. The van der Waals surface area contributed by atoms with Crippen molar-refractivity contribution in [3.63, 3.8) is 0 Å². The third-order valence-electron chi connectivity index (χ3n) is 6.44. The van der Waals surface area contributed by atoms with Gasteiger partial charge in [-0.1, -0.05) is 51.8 Å². The van der Waals surface area contributed by atoms with Crippen LogP contribution in [0.2, 0.25) is 5.02 Å². The van der Waals surface area contributed by atoms with Gasteiger partial charge < -0.3 is 13.9 Å². The predicted molar refractivity (Wildman–Crippen MR) is 173 cm³/mol. The number of para-hydroxylation sites is 1. The summed E-state index contributed by atoms with van der Waals surface area (Å²) in [5.41, 5.74) is 2.55. The molecule has 4 aromatic carbocycles. The Balaban J connectivity index is 1.40. The van der Waals surface area contributed by atoms with E-state index < -0.39 is 0 Å². The highest BCUT2D eigenvalue weighted by atomic mass is 79.9. The first-order valence-corrected chi connectivity index (χ1v) is 14.9. The zero-order chi connectivity index (χ0) is 29.2. The minimum absolute atomic E-state index is 0.284. The molecule has 0 aliphatic rings. The number of hydrogen-bond acceptors (Lipinski definition) is 6. The SMILES string of the molecule is CCOc1cc(C=Nn2c(-c3cc4cc(Br)ccc4o3)nc3ccccc3c2=O)c(Br)cc1OCc1ccc(Cl)cc1. The van der Waals surface area contributed by atoms with Crippen molar-refractivity contribution < 1.29 is 13.9 Å². The van der Waals surface area contributed by atoms with E-state index in [0.717, 1.165) is 15.4 Å². The first kappa shape index (κ1) is 28.2. The fourth-order valence-electron chi connectivity index (χ4n) is 4.41. The molecule has 0 aliphatic carbocycles. The minimum Gasteiger partial charge on any atom is -0.490 e. The molecule has 0 spiro atoms. The molecule has 210 valence electrons. The summed E-state index contributed by atoms with van der Waals surface area (Å²) in [5.74, 6) is 1.81. The van der Waals surface area contributed by atoms with E-state index in [-0.39, 0.29) is 11.4 Å². The molecule has 0 aliphatic heterocycles. The van der Waals surface area contributed by atoms with Crippen LogP contribution in [0, 0.1) is 0 Å². The Hall–Kier alpha value is -3.92. The van der Waals surface area contributed by atoms with Gasteiger partial charge in [0.2, 0.25) is 5.82 Å². The number of aromatic nitrogens is 2. The zero-order valence-electron chi connectivity index (χ0n) is 22.2. The van der Waals surface area contributed by atoms with E-state index >= 15 is 0 Å². The van der Waals surface area contributed by atoms with Crippen LogP contribution in [0.5, 0.6) is 11.5 Å². The predicted octanol–water partition coefficient (Wildman–Crippen LogP) is 8.85. The Morgan fingerprint density at radius 1 is 0.976 bits per heavy atom. The van der Waals surface area contributed by atoms with Crippen molar-refractivity contribution in [2.45, 2.75) is 13.5 Å². The van der Waals surface area contributed by atoms with E-state index in [0.29, 0.717) is 62.0 Å². The smallest absolute Gasteiger partial charge is 0.282 e. The van der Waals surface area contributed by atoms with E-state index in [1.54, 1.807) is 24.4 Å². The van der Waals surface area contributed by atoms with Crippen LogP contribution in [0.4, 0.5) is 0 Å². The lowest BCUT2D eigenvalue weighted by Crippen LogP contribution is -2.20. The second-order valence-corrected chi connectivity index (χ2v) is 11.5. The van der Waals surface area contributed by atoms with Gasteiger partial charge in [0.15, 0.2) is 17.3 Å². The number of rotatable bonds is 8. The van der Waals surface area contributed by atoms with Gasteiger partial charge in [0.05, 0.1) is 23.7 Å². The second-order valence-electron chi connectivity index (χ2n) is 9.28. The van der Waals surface area contributed by atoms with Crippen LogP contribution in [0.1, 0.15) is 18.1 Å². The van der Waals surface area contributed by atoms with Gasteiger partial charge in [-0.15, -0.1) is 0 Å². The average Bonchev–Trinajstić information content (AvgIpc) is 3.41. The van der Waals surface area contributed by atoms with Crippen LogP contribution in [-0.2, 0) is 6.61 Å². The largest absolute Gasteiger partial charge is 0.490 e. The molecule has 0 fully saturated rings. The number of fused-ring (bicyclic) bond motifs is 2. The molecule has 0 unspecified atom stereocenters. The van der Waals surface area contributed by atoms with Gasteiger partial charge >= 0.3 is 0 Å². The van der Waals surface area contributed by atoms with Crippen molar-refractivity contribution in [3.05, 3.63) is 120 Å². The van der Waals surface area contributed by atoms with Crippen LogP contribution in [0.3, 0.4) is 0 Å². The Labute approximate surface area is 262 Å². The zero-order valence-corrected chi connectivity index (χ0v) is 26.1. The summed E-state index contributed by atoms with van der Waals surface area (Å²) in [7, 11) is 0. The van der Waals surface area contributed by atoms with Crippen molar-refractivity contribution >= 4 is 71.5 Å². The average molecular weight is 708 g/mol. The number of benzene rings is 4. The lowest BCUT2D eigenvalue weighted by atomic mass is 10.2. The van der Waals surface area contributed by atoms with Crippen molar-refractivity contribution in [3.8, 4) is 23.1 Å². The van der Waals surface area contributed by atoms with Crippen LogP contribution in [0.15, 0.2) is 108 Å². The van der Waals surface area contributed by atoms with Crippen molar-refractivity contribution in [1.29, 1.82) is 0 Å².